The van der Waals surface area contributed by atoms with Crippen molar-refractivity contribution in [2.45, 2.75) is 38.8 Å². The van der Waals surface area contributed by atoms with Crippen LogP contribution in [0.5, 0.6) is 0 Å². The molecule has 0 spiro atoms. The van der Waals surface area contributed by atoms with E-state index in [1.165, 1.54) is 12.1 Å². The van der Waals surface area contributed by atoms with Crippen LogP contribution in [0.15, 0.2) is 59.1 Å². The number of hydrogen-bond donors (Lipinski definition) is 0. The average molecular weight is 353 g/mol. The van der Waals surface area contributed by atoms with Gasteiger partial charge in [0, 0.05) is 5.41 Å². The molecule has 0 aliphatic carbocycles. The van der Waals surface area contributed by atoms with Crippen LogP contribution in [0.1, 0.15) is 49.7 Å². The Morgan fingerprint density at radius 3 is 2.19 bits per heavy atom. The second-order valence-electron chi connectivity index (χ2n) is 7.54. The zero-order chi connectivity index (χ0) is 18.7. The van der Waals surface area contributed by atoms with Crippen LogP contribution in [-0.4, -0.2) is 22.1 Å². The maximum atomic E-state index is 13.4. The molecular formula is C21H24FN3O. The summed E-state index contributed by atoms with van der Waals surface area (Å²) in [6, 6.07) is 16.7. The van der Waals surface area contributed by atoms with Gasteiger partial charge in [0.15, 0.2) is 5.82 Å². The third-order valence-corrected chi connectivity index (χ3v) is 4.27. The number of halogens is 1. The molecule has 3 rings (SSSR count). The van der Waals surface area contributed by atoms with Gasteiger partial charge < -0.3 is 4.52 Å². The molecule has 2 aromatic carbocycles. The van der Waals surface area contributed by atoms with E-state index in [1.54, 1.807) is 0 Å². The van der Waals surface area contributed by atoms with Gasteiger partial charge in [-0.05, 0) is 30.3 Å². The molecule has 1 heterocycles. The second kappa shape index (κ2) is 7.38. The summed E-state index contributed by atoms with van der Waals surface area (Å²) >= 11 is 0. The van der Waals surface area contributed by atoms with E-state index in [0.29, 0.717) is 18.3 Å². The number of nitrogens with zero attached hydrogens (tertiary/aromatic N) is 3. The molecule has 4 nitrogen and oxygen atoms in total. The zero-order valence-corrected chi connectivity index (χ0v) is 15.6. The van der Waals surface area contributed by atoms with Gasteiger partial charge in [0.05, 0.1) is 12.6 Å². The first-order chi connectivity index (χ1) is 12.3. The molecule has 136 valence electrons. The monoisotopic (exact) mass is 353 g/mol. The SMILES string of the molecule is CN(Cc1nc(C(C)(C)C)no1)[C@H](c1ccccc1)c1ccc(F)cc1. The van der Waals surface area contributed by atoms with Crippen LogP contribution in [0.25, 0.3) is 0 Å². The Morgan fingerprint density at radius 1 is 1.00 bits per heavy atom. The first-order valence-corrected chi connectivity index (χ1v) is 8.68. The lowest BCUT2D eigenvalue weighted by molar-refractivity contribution is 0.228. The van der Waals surface area contributed by atoms with Crippen LogP contribution >= 0.6 is 0 Å². The van der Waals surface area contributed by atoms with Gasteiger partial charge in [0.2, 0.25) is 5.89 Å². The van der Waals surface area contributed by atoms with E-state index in [2.05, 4.69) is 47.9 Å². The van der Waals surface area contributed by atoms with Gasteiger partial charge >= 0.3 is 0 Å². The number of aromatic nitrogens is 2. The molecule has 3 aromatic rings. The standard InChI is InChI=1S/C21H24FN3O/c1-21(2,3)20-23-18(26-24-20)14-25(4)19(15-8-6-5-7-9-15)16-10-12-17(22)13-11-16/h5-13,19H,14H2,1-4H3/t19-/m1/s1. The quantitative estimate of drug-likeness (QED) is 0.665. The van der Waals surface area contributed by atoms with E-state index in [0.717, 1.165) is 11.1 Å². The molecule has 0 bridgehead atoms. The van der Waals surface area contributed by atoms with Crippen molar-refractivity contribution in [2.75, 3.05) is 7.05 Å². The Morgan fingerprint density at radius 2 is 1.62 bits per heavy atom. The maximum absolute atomic E-state index is 13.4. The number of hydrogen-bond acceptors (Lipinski definition) is 4. The summed E-state index contributed by atoms with van der Waals surface area (Å²) in [5.74, 6) is 1.02. The fraction of sp³-hybridized carbons (Fsp3) is 0.333. The van der Waals surface area contributed by atoms with Gasteiger partial charge in [-0.3, -0.25) is 4.90 Å². The van der Waals surface area contributed by atoms with E-state index < -0.39 is 0 Å². The number of rotatable bonds is 5. The third kappa shape index (κ3) is 4.17. The van der Waals surface area contributed by atoms with Crippen molar-refractivity contribution < 1.29 is 8.91 Å². The minimum atomic E-state index is -0.241. The van der Waals surface area contributed by atoms with Gasteiger partial charge in [-0.25, -0.2) is 4.39 Å². The Labute approximate surface area is 153 Å². The normalized spacial score (nSPS) is 13.2. The van der Waals surface area contributed by atoms with Crippen molar-refractivity contribution in [1.29, 1.82) is 0 Å². The largest absolute Gasteiger partial charge is 0.338 e. The Hall–Kier alpha value is -2.53. The van der Waals surface area contributed by atoms with Gasteiger partial charge in [-0.15, -0.1) is 0 Å². The highest BCUT2D eigenvalue weighted by Gasteiger charge is 2.24. The summed E-state index contributed by atoms with van der Waals surface area (Å²) < 4.78 is 18.8. The Bertz CT molecular complexity index is 838. The topological polar surface area (TPSA) is 42.2 Å². The molecule has 0 saturated heterocycles. The molecule has 5 heteroatoms. The van der Waals surface area contributed by atoms with Crippen LogP contribution in [0.2, 0.25) is 0 Å². The lowest BCUT2D eigenvalue weighted by atomic mass is 9.96. The maximum Gasteiger partial charge on any atom is 0.240 e. The fourth-order valence-corrected chi connectivity index (χ4v) is 2.91. The Balaban J connectivity index is 1.89. The summed E-state index contributed by atoms with van der Waals surface area (Å²) in [5, 5.41) is 4.09. The van der Waals surface area contributed by atoms with Gasteiger partial charge in [0.25, 0.3) is 0 Å². The third-order valence-electron chi connectivity index (χ3n) is 4.27. The van der Waals surface area contributed by atoms with E-state index in [9.17, 15) is 4.39 Å². The highest BCUT2D eigenvalue weighted by molar-refractivity contribution is 5.32. The average Bonchev–Trinajstić information content (AvgIpc) is 3.07. The van der Waals surface area contributed by atoms with Crippen LogP contribution in [0, 0.1) is 5.82 Å². The molecule has 0 radical (unpaired) electrons. The van der Waals surface area contributed by atoms with E-state index in [-0.39, 0.29) is 17.3 Å². The van der Waals surface area contributed by atoms with Crippen LogP contribution in [-0.2, 0) is 12.0 Å². The first-order valence-electron chi connectivity index (χ1n) is 8.68. The van der Waals surface area contributed by atoms with Crippen LogP contribution in [0.3, 0.4) is 0 Å². The fourth-order valence-electron chi connectivity index (χ4n) is 2.91. The van der Waals surface area contributed by atoms with E-state index >= 15 is 0 Å². The summed E-state index contributed by atoms with van der Waals surface area (Å²) in [4.78, 5) is 6.65. The smallest absolute Gasteiger partial charge is 0.240 e. The predicted octanol–water partition coefficient (Wildman–Crippen LogP) is 4.73. The minimum absolute atomic E-state index is 0.0400. The van der Waals surface area contributed by atoms with E-state index in [1.807, 2.05) is 37.4 Å². The lowest BCUT2D eigenvalue weighted by Gasteiger charge is -2.28. The van der Waals surface area contributed by atoms with E-state index in [4.69, 9.17) is 4.52 Å². The minimum Gasteiger partial charge on any atom is -0.338 e. The van der Waals surface area contributed by atoms with Crippen LogP contribution in [0.4, 0.5) is 4.39 Å². The molecule has 0 amide bonds. The van der Waals surface area contributed by atoms with Crippen molar-refractivity contribution in [3.8, 4) is 0 Å². The molecule has 1 aromatic heterocycles. The van der Waals surface area contributed by atoms with Crippen molar-refractivity contribution in [2.24, 2.45) is 0 Å². The first kappa shape index (κ1) is 18.3. The van der Waals surface area contributed by atoms with Gasteiger partial charge in [0.1, 0.15) is 5.82 Å². The zero-order valence-electron chi connectivity index (χ0n) is 15.6. The lowest BCUT2D eigenvalue weighted by Crippen LogP contribution is -2.25. The van der Waals surface area contributed by atoms with Crippen molar-refractivity contribution >= 4 is 0 Å². The highest BCUT2D eigenvalue weighted by Crippen LogP contribution is 2.29. The number of benzene rings is 2. The second-order valence-corrected chi connectivity index (χ2v) is 7.54. The summed E-state index contributed by atoms with van der Waals surface area (Å²) in [5.41, 5.74) is 1.98. The predicted molar refractivity (Wildman–Crippen MR) is 99.2 cm³/mol. The van der Waals surface area contributed by atoms with Gasteiger partial charge in [-0.1, -0.05) is 68.4 Å². The van der Waals surface area contributed by atoms with Crippen LogP contribution < -0.4 is 0 Å². The summed E-state index contributed by atoms with van der Waals surface area (Å²) in [7, 11) is 2.00. The molecular weight excluding hydrogens is 329 g/mol. The molecule has 26 heavy (non-hydrogen) atoms. The Kier molecular flexibility index (Phi) is 5.18. The van der Waals surface area contributed by atoms with Crippen molar-refractivity contribution in [3.05, 3.63) is 83.3 Å². The van der Waals surface area contributed by atoms with Crippen molar-refractivity contribution in [3.63, 3.8) is 0 Å². The molecule has 0 N–H and O–H groups in total. The molecule has 0 aliphatic heterocycles. The molecule has 1 atom stereocenters. The highest BCUT2D eigenvalue weighted by atomic mass is 19.1. The summed E-state index contributed by atoms with van der Waals surface area (Å²) in [6.07, 6.45) is 0. The molecule has 0 aliphatic rings. The summed E-state index contributed by atoms with van der Waals surface area (Å²) in [6.45, 7) is 6.66. The van der Waals surface area contributed by atoms with Crippen molar-refractivity contribution in [1.82, 2.24) is 15.0 Å². The molecule has 0 fully saturated rings. The van der Waals surface area contributed by atoms with Gasteiger partial charge in [-0.2, -0.15) is 4.98 Å². The molecule has 0 unspecified atom stereocenters. The molecule has 0 saturated carbocycles.